The Bertz CT molecular complexity index is 1400. The van der Waals surface area contributed by atoms with Crippen LogP contribution in [0.3, 0.4) is 0 Å². The number of rotatable bonds is 6. The van der Waals surface area contributed by atoms with E-state index in [1.54, 1.807) is 31.9 Å². The second kappa shape index (κ2) is 12.9. The third kappa shape index (κ3) is 7.20. The van der Waals surface area contributed by atoms with Crippen molar-refractivity contribution in [3.63, 3.8) is 0 Å². The summed E-state index contributed by atoms with van der Waals surface area (Å²) in [6.45, 7) is 13.7. The Morgan fingerprint density at radius 3 is 2.26 bits per heavy atom. The summed E-state index contributed by atoms with van der Waals surface area (Å²) >= 11 is 0. The van der Waals surface area contributed by atoms with Crippen molar-refractivity contribution in [1.82, 2.24) is 25.1 Å². The third-order valence-corrected chi connectivity index (χ3v) is 9.52. The van der Waals surface area contributed by atoms with E-state index in [1.165, 1.54) is 12.0 Å². The Labute approximate surface area is 272 Å². The van der Waals surface area contributed by atoms with E-state index in [2.05, 4.69) is 10.3 Å². The molecule has 13 heteroatoms. The fraction of sp³-hybridized carbons (Fsp3) is 0.636. The van der Waals surface area contributed by atoms with Crippen LogP contribution < -0.4 is 10.8 Å². The summed E-state index contributed by atoms with van der Waals surface area (Å²) in [6, 6.07) is 6.49. The standard InChI is InChI=1S/C33H48BN5O7/c1-31(2,3)44-30(42)38-19-25(39(20-38)28(40)26(37-29(41)43-8)22-12-10-9-11-13-22)27-35-18-24(36-27)21-14-16-23(17-15-21)34-45-32(4,5)33(6,7)46-34/h14-18,22,25-26H,9-13,19-20H2,1-8H3,(H,35,36)(H,37,41). The summed E-state index contributed by atoms with van der Waals surface area (Å²) in [6.07, 6.45) is 5.33. The first-order valence-corrected chi connectivity index (χ1v) is 16.2. The number of imidazole rings is 1. The molecular weight excluding hydrogens is 589 g/mol. The van der Waals surface area contributed by atoms with E-state index >= 15 is 0 Å². The molecule has 3 amide bonds. The molecule has 3 heterocycles. The number of methoxy groups -OCH3 is 1. The molecule has 2 saturated heterocycles. The fourth-order valence-corrected chi connectivity index (χ4v) is 6.22. The van der Waals surface area contributed by atoms with Crippen LogP contribution in [0.4, 0.5) is 9.59 Å². The highest BCUT2D eigenvalue weighted by Crippen LogP contribution is 2.37. The second-order valence-corrected chi connectivity index (χ2v) is 14.6. The van der Waals surface area contributed by atoms with Crippen LogP contribution in [0.5, 0.6) is 0 Å². The van der Waals surface area contributed by atoms with Crippen LogP contribution in [0.15, 0.2) is 30.5 Å². The van der Waals surface area contributed by atoms with E-state index in [0.717, 1.165) is 43.1 Å². The molecule has 2 aliphatic heterocycles. The van der Waals surface area contributed by atoms with Gasteiger partial charge in [-0.2, -0.15) is 0 Å². The highest BCUT2D eigenvalue weighted by Gasteiger charge is 2.51. The van der Waals surface area contributed by atoms with E-state index < -0.39 is 48.2 Å². The molecule has 0 spiro atoms. The van der Waals surface area contributed by atoms with Gasteiger partial charge in [-0.25, -0.2) is 14.6 Å². The van der Waals surface area contributed by atoms with E-state index in [1.807, 2.05) is 52.0 Å². The van der Waals surface area contributed by atoms with Crippen molar-refractivity contribution in [3.05, 3.63) is 36.3 Å². The largest absolute Gasteiger partial charge is 0.494 e. The highest BCUT2D eigenvalue weighted by atomic mass is 16.7. The highest BCUT2D eigenvalue weighted by molar-refractivity contribution is 6.62. The minimum Gasteiger partial charge on any atom is -0.453 e. The maximum Gasteiger partial charge on any atom is 0.494 e. The SMILES string of the molecule is COC(=O)NC(C(=O)N1CN(C(=O)OC(C)(C)C)CC1c1nc(-c2ccc(B3OC(C)(C)C(C)(C)O3)cc2)c[nH]1)C1CCCCC1. The average Bonchev–Trinajstić information content (AvgIpc) is 3.71. The topological polar surface area (TPSA) is 135 Å². The van der Waals surface area contributed by atoms with Crippen molar-refractivity contribution in [2.24, 2.45) is 5.92 Å². The lowest BCUT2D eigenvalue weighted by Gasteiger charge is -2.33. The van der Waals surface area contributed by atoms with E-state index in [9.17, 15) is 14.4 Å². The number of alkyl carbamates (subject to hydrolysis) is 1. The van der Waals surface area contributed by atoms with Gasteiger partial charge in [0.2, 0.25) is 5.91 Å². The van der Waals surface area contributed by atoms with Gasteiger partial charge in [-0.3, -0.25) is 9.69 Å². The zero-order chi connectivity index (χ0) is 33.4. The molecule has 3 fully saturated rings. The monoisotopic (exact) mass is 637 g/mol. The Balaban J connectivity index is 1.40. The Kier molecular flexibility index (Phi) is 9.48. The van der Waals surface area contributed by atoms with E-state index in [0.29, 0.717) is 11.5 Å². The smallest absolute Gasteiger partial charge is 0.453 e. The molecule has 2 N–H and O–H groups in total. The number of aromatic amines is 1. The summed E-state index contributed by atoms with van der Waals surface area (Å²) in [4.78, 5) is 51.1. The first-order chi connectivity index (χ1) is 21.6. The van der Waals surface area contributed by atoms with Gasteiger partial charge in [0, 0.05) is 11.8 Å². The van der Waals surface area contributed by atoms with Crippen LogP contribution in [-0.4, -0.2) is 88.1 Å². The molecule has 1 aromatic heterocycles. The quantitative estimate of drug-likeness (QED) is 0.433. The minimum absolute atomic E-state index is 0.00328. The molecule has 46 heavy (non-hydrogen) atoms. The molecule has 0 bridgehead atoms. The molecule has 2 atom stereocenters. The number of carbonyl (C=O) groups excluding carboxylic acids is 3. The zero-order valence-electron chi connectivity index (χ0n) is 28.3. The Hall–Kier alpha value is -3.58. The van der Waals surface area contributed by atoms with Crippen molar-refractivity contribution >= 4 is 30.7 Å². The van der Waals surface area contributed by atoms with Gasteiger partial charge in [0.15, 0.2) is 0 Å². The Morgan fingerprint density at radius 2 is 1.67 bits per heavy atom. The number of benzene rings is 1. The molecule has 5 rings (SSSR count). The van der Waals surface area contributed by atoms with Gasteiger partial charge in [0.05, 0.1) is 37.2 Å². The van der Waals surface area contributed by atoms with Crippen molar-refractivity contribution in [2.75, 3.05) is 20.3 Å². The molecule has 2 unspecified atom stereocenters. The third-order valence-electron chi connectivity index (χ3n) is 9.52. The maximum absolute atomic E-state index is 14.3. The number of ether oxygens (including phenoxy) is 2. The molecule has 2 aromatic rings. The molecule has 12 nitrogen and oxygen atoms in total. The summed E-state index contributed by atoms with van der Waals surface area (Å²) in [5.41, 5.74) is 0.891. The van der Waals surface area contributed by atoms with Crippen LogP contribution >= 0.6 is 0 Å². The molecule has 1 aromatic carbocycles. The molecule has 3 aliphatic rings. The van der Waals surface area contributed by atoms with E-state index in [4.69, 9.17) is 23.8 Å². The van der Waals surface area contributed by atoms with Gasteiger partial charge < -0.3 is 34.0 Å². The van der Waals surface area contributed by atoms with Crippen molar-refractivity contribution in [3.8, 4) is 11.3 Å². The van der Waals surface area contributed by atoms with Gasteiger partial charge in [0.1, 0.15) is 23.5 Å². The van der Waals surface area contributed by atoms with Crippen molar-refractivity contribution in [2.45, 2.75) is 109 Å². The lowest BCUT2D eigenvalue weighted by molar-refractivity contribution is -0.136. The number of hydrogen-bond acceptors (Lipinski definition) is 8. The van der Waals surface area contributed by atoms with Gasteiger partial charge >= 0.3 is 19.3 Å². The number of carbonyl (C=O) groups is 3. The minimum atomic E-state index is -0.786. The first kappa shape index (κ1) is 33.8. The molecular formula is C33H48BN5O7. The van der Waals surface area contributed by atoms with Gasteiger partial charge in [-0.15, -0.1) is 0 Å². The molecule has 0 radical (unpaired) electrons. The summed E-state index contributed by atoms with van der Waals surface area (Å²) in [5, 5.41) is 2.80. The first-order valence-electron chi connectivity index (χ1n) is 16.2. The van der Waals surface area contributed by atoms with Gasteiger partial charge in [-0.1, -0.05) is 43.5 Å². The van der Waals surface area contributed by atoms with Crippen LogP contribution in [0.1, 0.15) is 92.4 Å². The summed E-state index contributed by atoms with van der Waals surface area (Å²) < 4.78 is 22.9. The van der Waals surface area contributed by atoms with Crippen LogP contribution in [0.2, 0.25) is 0 Å². The zero-order valence-corrected chi connectivity index (χ0v) is 28.3. The molecule has 1 saturated carbocycles. The van der Waals surface area contributed by atoms with Gasteiger partial charge in [0.25, 0.3) is 0 Å². The lowest BCUT2D eigenvalue weighted by atomic mass is 9.79. The van der Waals surface area contributed by atoms with Crippen LogP contribution in [0, 0.1) is 5.92 Å². The number of nitrogens with zero attached hydrogens (tertiary/aromatic N) is 3. The predicted octanol–water partition coefficient (Wildman–Crippen LogP) is 4.76. The van der Waals surface area contributed by atoms with Gasteiger partial charge in [-0.05, 0) is 72.7 Å². The number of aromatic nitrogens is 2. The number of amides is 3. The Morgan fingerprint density at radius 1 is 1.04 bits per heavy atom. The second-order valence-electron chi connectivity index (χ2n) is 14.6. The van der Waals surface area contributed by atoms with Crippen molar-refractivity contribution < 1.29 is 33.2 Å². The number of hydrogen-bond donors (Lipinski definition) is 2. The summed E-state index contributed by atoms with van der Waals surface area (Å²) in [5.74, 6) is 0.217. The average molecular weight is 638 g/mol. The number of nitrogens with one attached hydrogen (secondary N) is 2. The lowest BCUT2D eigenvalue weighted by Crippen LogP contribution is -2.53. The summed E-state index contributed by atoms with van der Waals surface area (Å²) in [7, 11) is 0.814. The maximum atomic E-state index is 14.3. The molecule has 250 valence electrons. The van der Waals surface area contributed by atoms with Crippen LogP contribution in [0.25, 0.3) is 11.3 Å². The number of H-pyrrole nitrogens is 1. The molecule has 1 aliphatic carbocycles. The fourth-order valence-electron chi connectivity index (χ4n) is 6.22. The van der Waals surface area contributed by atoms with Crippen molar-refractivity contribution in [1.29, 1.82) is 0 Å². The predicted molar refractivity (Wildman–Crippen MR) is 173 cm³/mol. The van der Waals surface area contributed by atoms with E-state index in [-0.39, 0.29) is 25.0 Å². The van der Waals surface area contributed by atoms with Crippen LogP contribution in [-0.2, 0) is 23.6 Å². The normalized spacial score (nSPS) is 22.1.